The third-order valence-electron chi connectivity index (χ3n) is 6.48. The van der Waals surface area contributed by atoms with Gasteiger partial charge < -0.3 is 19.8 Å². The van der Waals surface area contributed by atoms with Crippen molar-refractivity contribution in [1.29, 1.82) is 0 Å². The molecule has 0 amide bonds. The highest BCUT2D eigenvalue weighted by atomic mass is 127. The van der Waals surface area contributed by atoms with Crippen LogP contribution in [0.2, 0.25) is 0 Å². The van der Waals surface area contributed by atoms with E-state index in [9.17, 15) is 0 Å². The molecule has 2 heterocycles. The van der Waals surface area contributed by atoms with Crippen LogP contribution in [0.25, 0.3) is 11.6 Å². The predicted molar refractivity (Wildman–Crippen MR) is 132 cm³/mol. The van der Waals surface area contributed by atoms with Crippen LogP contribution in [0.4, 0.5) is 0 Å². The van der Waals surface area contributed by atoms with Crippen LogP contribution in [0.15, 0.2) is 27.8 Å². The summed E-state index contributed by atoms with van der Waals surface area (Å²) in [6.45, 7) is 6.47. The number of hydrogen-bond acceptors (Lipinski definition) is 5. The first-order valence-corrected chi connectivity index (χ1v) is 11.4. The molecule has 2 aliphatic rings. The van der Waals surface area contributed by atoms with Crippen molar-refractivity contribution < 1.29 is 9.15 Å². The molecule has 2 atom stereocenters. The molecule has 2 saturated carbocycles. The number of hydrogen-bond donors (Lipinski definition) is 3. The Balaban J connectivity index is 0.00000272. The minimum Gasteiger partial charge on any atom is -0.461 e. The van der Waals surface area contributed by atoms with Crippen LogP contribution in [0.5, 0.6) is 0 Å². The van der Waals surface area contributed by atoms with E-state index in [-0.39, 0.29) is 29.4 Å². The minimum absolute atomic E-state index is 0. The van der Waals surface area contributed by atoms with Gasteiger partial charge in [-0.05, 0) is 45.2 Å². The molecule has 2 aliphatic carbocycles. The smallest absolute Gasteiger partial charge is 0.216 e. The Morgan fingerprint density at radius 2 is 2.16 bits per heavy atom. The van der Waals surface area contributed by atoms with E-state index in [1.165, 1.54) is 32.1 Å². The maximum Gasteiger partial charge on any atom is 0.216 e. The highest BCUT2D eigenvalue weighted by Gasteiger charge is 2.55. The predicted octanol–water partition coefficient (Wildman–Crippen LogP) is 3.91. The van der Waals surface area contributed by atoms with Gasteiger partial charge in [0.05, 0.1) is 12.4 Å². The van der Waals surface area contributed by atoms with Gasteiger partial charge in [0, 0.05) is 37.6 Å². The van der Waals surface area contributed by atoms with E-state index in [4.69, 9.17) is 14.1 Å². The largest absolute Gasteiger partial charge is 0.461 e. The number of nitrogens with zero attached hydrogens (tertiary/aromatic N) is 3. The average Bonchev–Trinajstić information content (AvgIpc) is 3.45. The Hall–Kier alpha value is -1.62. The minimum atomic E-state index is 0. The Morgan fingerprint density at radius 3 is 2.87 bits per heavy atom. The molecule has 0 aromatic carbocycles. The van der Waals surface area contributed by atoms with Crippen molar-refractivity contribution >= 4 is 29.9 Å². The number of aromatic nitrogens is 3. The van der Waals surface area contributed by atoms with Crippen molar-refractivity contribution in [3.8, 4) is 11.6 Å². The topological polar surface area (TPSA) is 100 Å². The molecule has 2 aromatic heterocycles. The number of guanidine groups is 1. The summed E-state index contributed by atoms with van der Waals surface area (Å²) in [5.74, 6) is 2.94. The number of ether oxygens (including phenoxy) is 1. The molecule has 2 unspecified atom stereocenters. The van der Waals surface area contributed by atoms with E-state index in [1.54, 1.807) is 6.26 Å². The number of aliphatic imine (C=N–C) groups is 1. The number of nitrogens with one attached hydrogen (secondary N) is 3. The first-order valence-electron chi connectivity index (χ1n) is 11.4. The summed E-state index contributed by atoms with van der Waals surface area (Å²) in [6, 6.07) is 4.12. The van der Waals surface area contributed by atoms with Gasteiger partial charge in [0.25, 0.3) is 0 Å². The van der Waals surface area contributed by atoms with Crippen molar-refractivity contribution in [3.05, 3.63) is 24.2 Å². The van der Waals surface area contributed by atoms with Gasteiger partial charge in [-0.1, -0.05) is 19.3 Å². The molecule has 0 saturated heterocycles. The molecular weight excluding hydrogens is 507 g/mol. The summed E-state index contributed by atoms with van der Waals surface area (Å²) in [4.78, 5) is 9.29. The van der Waals surface area contributed by atoms with Crippen molar-refractivity contribution in [3.63, 3.8) is 0 Å². The van der Waals surface area contributed by atoms with Gasteiger partial charge >= 0.3 is 0 Å². The summed E-state index contributed by atoms with van der Waals surface area (Å²) in [7, 11) is 0. The summed E-state index contributed by atoms with van der Waals surface area (Å²) in [6.07, 6.45) is 10.2. The summed E-state index contributed by atoms with van der Waals surface area (Å²) < 4.78 is 11.4. The zero-order valence-corrected chi connectivity index (χ0v) is 20.9. The number of furan rings is 1. The van der Waals surface area contributed by atoms with Crippen LogP contribution in [0.3, 0.4) is 0 Å². The van der Waals surface area contributed by atoms with E-state index in [2.05, 4.69) is 39.7 Å². The van der Waals surface area contributed by atoms with E-state index in [0.29, 0.717) is 36.7 Å². The van der Waals surface area contributed by atoms with E-state index in [0.717, 1.165) is 31.4 Å². The molecule has 3 N–H and O–H groups in total. The monoisotopic (exact) mass is 542 g/mol. The molecule has 31 heavy (non-hydrogen) atoms. The van der Waals surface area contributed by atoms with Gasteiger partial charge in [-0.3, -0.25) is 10.1 Å². The van der Waals surface area contributed by atoms with Crippen LogP contribution < -0.4 is 10.6 Å². The Morgan fingerprint density at radius 1 is 1.32 bits per heavy atom. The second-order valence-corrected chi connectivity index (χ2v) is 8.26. The quantitative estimate of drug-likeness (QED) is 0.266. The van der Waals surface area contributed by atoms with Crippen molar-refractivity contribution in [1.82, 2.24) is 25.8 Å². The Labute approximate surface area is 201 Å². The molecule has 8 nitrogen and oxygen atoms in total. The summed E-state index contributed by atoms with van der Waals surface area (Å²) in [5, 5.41) is 14.3. The van der Waals surface area contributed by atoms with Crippen LogP contribution >= 0.6 is 24.0 Å². The molecule has 2 aromatic rings. The lowest BCUT2D eigenvalue weighted by Crippen LogP contribution is -2.66. The molecule has 0 aliphatic heterocycles. The third kappa shape index (κ3) is 5.42. The highest BCUT2D eigenvalue weighted by molar-refractivity contribution is 14.0. The van der Waals surface area contributed by atoms with Crippen LogP contribution in [0.1, 0.15) is 58.2 Å². The Kier molecular flexibility index (Phi) is 8.76. The van der Waals surface area contributed by atoms with Gasteiger partial charge in [-0.2, -0.15) is 5.10 Å². The molecule has 4 rings (SSSR count). The zero-order chi connectivity index (χ0) is 20.8. The van der Waals surface area contributed by atoms with Crippen molar-refractivity contribution in [2.75, 3.05) is 19.7 Å². The highest BCUT2D eigenvalue weighted by Crippen LogP contribution is 2.53. The third-order valence-corrected chi connectivity index (χ3v) is 6.48. The number of halogens is 1. The van der Waals surface area contributed by atoms with Crippen LogP contribution in [0, 0.1) is 5.41 Å². The number of rotatable bonds is 8. The summed E-state index contributed by atoms with van der Waals surface area (Å²) in [5.41, 5.74) is 0.271. The molecule has 0 bridgehead atoms. The fourth-order valence-corrected chi connectivity index (χ4v) is 4.95. The first-order chi connectivity index (χ1) is 14.7. The number of H-pyrrole nitrogens is 1. The second-order valence-electron chi connectivity index (χ2n) is 8.26. The molecule has 172 valence electrons. The lowest BCUT2D eigenvalue weighted by Gasteiger charge is -2.58. The van der Waals surface area contributed by atoms with E-state index < -0.39 is 0 Å². The normalized spacial score (nSPS) is 22.6. The molecule has 0 radical (unpaired) electrons. The maximum atomic E-state index is 6.09. The van der Waals surface area contributed by atoms with Gasteiger partial charge in [0.15, 0.2) is 11.7 Å². The zero-order valence-electron chi connectivity index (χ0n) is 18.5. The van der Waals surface area contributed by atoms with E-state index >= 15 is 0 Å². The van der Waals surface area contributed by atoms with Gasteiger partial charge in [-0.15, -0.1) is 24.0 Å². The van der Waals surface area contributed by atoms with Crippen LogP contribution in [-0.4, -0.2) is 53.0 Å². The van der Waals surface area contributed by atoms with E-state index in [1.807, 2.05) is 12.1 Å². The van der Waals surface area contributed by atoms with Crippen LogP contribution in [-0.2, 0) is 11.2 Å². The average molecular weight is 542 g/mol. The van der Waals surface area contributed by atoms with Gasteiger partial charge in [0.1, 0.15) is 5.82 Å². The molecule has 9 heteroatoms. The summed E-state index contributed by atoms with van der Waals surface area (Å²) >= 11 is 0. The molecule has 1 spiro atoms. The first kappa shape index (κ1) is 24.0. The van der Waals surface area contributed by atoms with Crippen molar-refractivity contribution in [2.45, 2.75) is 70.9 Å². The number of aromatic amines is 1. The maximum absolute atomic E-state index is 6.09. The van der Waals surface area contributed by atoms with Gasteiger partial charge in [-0.25, -0.2) is 4.98 Å². The molecule has 2 fully saturated rings. The fourth-order valence-electron chi connectivity index (χ4n) is 4.95. The van der Waals surface area contributed by atoms with Gasteiger partial charge in [0.2, 0.25) is 5.82 Å². The lowest BCUT2D eigenvalue weighted by atomic mass is 9.55. The standard InChI is InChI=1S/C22H34N6O2.HI/c1-3-23-21(24-13-10-19-26-20(28-27-19)16-9-8-14-30-16)25-17-15-18(29-4-2)22(17)11-6-5-7-12-22;/h8-9,14,17-18H,3-7,10-13,15H2,1-2H3,(H2,23,24,25)(H,26,27,28);1H. The fraction of sp³-hybridized carbons (Fsp3) is 0.682. The SMILES string of the molecule is CCNC(=NCCc1nc(-c2ccco2)n[nH]1)NC1CC(OCC)C12CCCCC2.I. The lowest BCUT2D eigenvalue weighted by molar-refractivity contribution is -0.145. The molecular formula is C22H35IN6O2. The Bertz CT molecular complexity index is 816. The second kappa shape index (κ2) is 11.3. The van der Waals surface area contributed by atoms with Crippen molar-refractivity contribution in [2.24, 2.45) is 10.4 Å².